The summed E-state index contributed by atoms with van der Waals surface area (Å²) in [7, 11) is 2.98. The highest BCUT2D eigenvalue weighted by atomic mass is 19.1. The van der Waals surface area contributed by atoms with E-state index in [1.807, 2.05) is 6.07 Å². The second-order valence-corrected chi connectivity index (χ2v) is 7.49. The van der Waals surface area contributed by atoms with E-state index < -0.39 is 0 Å². The minimum absolute atomic E-state index is 0.192. The van der Waals surface area contributed by atoms with Crippen LogP contribution in [0.5, 0.6) is 0 Å². The average Bonchev–Trinajstić information content (AvgIpc) is 2.75. The van der Waals surface area contributed by atoms with Gasteiger partial charge in [-0.3, -0.25) is 4.79 Å². The molecule has 0 bridgehead atoms. The van der Waals surface area contributed by atoms with Crippen molar-refractivity contribution in [1.82, 2.24) is 5.32 Å². The molecule has 0 saturated heterocycles. The van der Waals surface area contributed by atoms with E-state index in [9.17, 15) is 13.6 Å². The van der Waals surface area contributed by atoms with Crippen LogP contribution in [0.1, 0.15) is 48.5 Å². The molecule has 0 spiro atoms. The van der Waals surface area contributed by atoms with E-state index >= 15 is 0 Å². The van der Waals surface area contributed by atoms with Crippen LogP contribution in [-0.4, -0.2) is 26.7 Å². The first-order valence-electron chi connectivity index (χ1n) is 10.3. The van der Waals surface area contributed by atoms with E-state index in [4.69, 9.17) is 9.47 Å². The first-order chi connectivity index (χ1) is 14.4. The van der Waals surface area contributed by atoms with Crippen LogP contribution in [0.2, 0.25) is 0 Å². The lowest BCUT2D eigenvalue weighted by Gasteiger charge is -2.21. The van der Waals surface area contributed by atoms with Gasteiger partial charge in [0.2, 0.25) is 0 Å². The molecule has 2 atom stereocenters. The first kappa shape index (κ1) is 24.0. The van der Waals surface area contributed by atoms with Crippen LogP contribution >= 0.6 is 0 Å². The number of halogens is 2. The van der Waals surface area contributed by atoms with Gasteiger partial charge in [-0.25, -0.2) is 8.78 Å². The third-order valence-corrected chi connectivity index (χ3v) is 5.27. The van der Waals surface area contributed by atoms with Crippen LogP contribution in [-0.2, 0) is 20.8 Å². The van der Waals surface area contributed by atoms with Crippen molar-refractivity contribution in [2.24, 2.45) is 5.92 Å². The Balaban J connectivity index is 1.79. The topological polar surface area (TPSA) is 47.6 Å². The number of carbonyl (C=O) groups is 1. The number of esters is 1. The van der Waals surface area contributed by atoms with Crippen LogP contribution in [0.3, 0.4) is 0 Å². The summed E-state index contributed by atoms with van der Waals surface area (Å²) in [6.45, 7) is 3.23. The number of methoxy groups -OCH3 is 2. The highest BCUT2D eigenvalue weighted by Gasteiger charge is 2.24. The fraction of sp³-hybridized carbons (Fsp3) is 0.458. The summed E-state index contributed by atoms with van der Waals surface area (Å²) in [6, 6.07) is 11.3. The summed E-state index contributed by atoms with van der Waals surface area (Å²) in [6.07, 6.45) is 2.63. The lowest BCUT2D eigenvalue weighted by atomic mass is 9.92. The second kappa shape index (κ2) is 12.4. The smallest absolute Gasteiger partial charge is 0.308 e. The zero-order chi connectivity index (χ0) is 21.9. The Morgan fingerprint density at radius 1 is 1.07 bits per heavy atom. The van der Waals surface area contributed by atoms with Gasteiger partial charge in [-0.05, 0) is 67.6 Å². The second-order valence-electron chi connectivity index (χ2n) is 7.49. The number of nitrogens with one attached hydrogen (secondary N) is 1. The number of aryl methyl sites for hydroxylation is 1. The molecule has 164 valence electrons. The van der Waals surface area contributed by atoms with Gasteiger partial charge < -0.3 is 14.8 Å². The van der Waals surface area contributed by atoms with E-state index in [1.54, 1.807) is 32.2 Å². The molecule has 0 aliphatic carbocycles. The number of carbonyl (C=O) groups excluding carboxylic acids is 1. The minimum Gasteiger partial charge on any atom is -0.469 e. The van der Waals surface area contributed by atoms with Crippen LogP contribution in [0.15, 0.2) is 42.5 Å². The zero-order valence-corrected chi connectivity index (χ0v) is 17.9. The van der Waals surface area contributed by atoms with Crippen LogP contribution in [0.25, 0.3) is 0 Å². The molecule has 4 nitrogen and oxygen atoms in total. The third kappa shape index (κ3) is 7.50. The Morgan fingerprint density at radius 3 is 2.43 bits per heavy atom. The molecule has 0 aliphatic rings. The molecular formula is C24H31F2NO3. The van der Waals surface area contributed by atoms with E-state index in [1.165, 1.54) is 25.3 Å². The van der Waals surface area contributed by atoms with Gasteiger partial charge in [-0.15, -0.1) is 0 Å². The van der Waals surface area contributed by atoms with Crippen molar-refractivity contribution < 1.29 is 23.0 Å². The van der Waals surface area contributed by atoms with Gasteiger partial charge in [-0.1, -0.05) is 30.7 Å². The molecule has 0 saturated carbocycles. The van der Waals surface area contributed by atoms with E-state index in [-0.39, 0.29) is 29.6 Å². The van der Waals surface area contributed by atoms with E-state index in [0.29, 0.717) is 24.9 Å². The molecule has 1 unspecified atom stereocenters. The fourth-order valence-corrected chi connectivity index (χ4v) is 3.49. The van der Waals surface area contributed by atoms with Gasteiger partial charge in [-0.2, -0.15) is 0 Å². The highest BCUT2D eigenvalue weighted by molar-refractivity contribution is 5.72. The Labute approximate surface area is 177 Å². The highest BCUT2D eigenvalue weighted by Crippen LogP contribution is 2.28. The van der Waals surface area contributed by atoms with E-state index in [0.717, 1.165) is 30.5 Å². The number of hydrogen-bond acceptors (Lipinski definition) is 4. The number of ether oxygens (including phenoxy) is 2. The van der Waals surface area contributed by atoms with Crippen molar-refractivity contribution in [1.29, 1.82) is 0 Å². The molecule has 6 heteroatoms. The van der Waals surface area contributed by atoms with Crippen molar-refractivity contribution in [2.75, 3.05) is 20.8 Å². The van der Waals surface area contributed by atoms with Gasteiger partial charge in [0.1, 0.15) is 11.6 Å². The predicted octanol–water partition coefficient (Wildman–Crippen LogP) is 5.10. The van der Waals surface area contributed by atoms with Gasteiger partial charge >= 0.3 is 5.97 Å². The van der Waals surface area contributed by atoms with Crippen molar-refractivity contribution in [3.05, 3.63) is 70.8 Å². The SMILES string of the molecule is COC(=O)C(CCCCNCc1ccc(F)c(C)c1)C[C@@H](OC)c1ccc(F)cc1. The first-order valence-corrected chi connectivity index (χ1v) is 10.3. The molecule has 30 heavy (non-hydrogen) atoms. The van der Waals surface area contributed by atoms with Gasteiger partial charge in [0.05, 0.1) is 19.1 Å². The number of unbranched alkanes of at least 4 members (excludes halogenated alkanes) is 1. The Hall–Kier alpha value is -2.31. The molecule has 0 aromatic heterocycles. The maximum atomic E-state index is 13.3. The molecule has 0 radical (unpaired) electrons. The molecular weight excluding hydrogens is 388 g/mol. The Kier molecular flexibility index (Phi) is 9.91. The van der Waals surface area contributed by atoms with Crippen molar-refractivity contribution in [3.63, 3.8) is 0 Å². The summed E-state index contributed by atoms with van der Waals surface area (Å²) in [4.78, 5) is 12.2. The number of benzene rings is 2. The van der Waals surface area contributed by atoms with Gasteiger partial charge in [0.15, 0.2) is 0 Å². The quantitative estimate of drug-likeness (QED) is 0.384. The molecule has 2 aromatic rings. The normalized spacial score (nSPS) is 13.1. The minimum atomic E-state index is -0.304. The van der Waals surface area contributed by atoms with Crippen LogP contribution < -0.4 is 5.32 Å². The zero-order valence-electron chi connectivity index (χ0n) is 17.9. The maximum absolute atomic E-state index is 13.3. The summed E-state index contributed by atoms with van der Waals surface area (Å²) in [5.74, 6) is -1.04. The summed E-state index contributed by atoms with van der Waals surface area (Å²) >= 11 is 0. The Morgan fingerprint density at radius 2 is 1.80 bits per heavy atom. The fourth-order valence-electron chi connectivity index (χ4n) is 3.49. The average molecular weight is 420 g/mol. The standard InChI is InChI=1S/C24H31F2NO3/c1-17-14-18(7-12-22(17)26)16-27-13-5-4-6-20(24(28)30-3)15-23(29-2)19-8-10-21(25)11-9-19/h7-12,14,20,23,27H,4-6,13,15-16H2,1-3H3/t20?,23-/m1/s1. The maximum Gasteiger partial charge on any atom is 0.308 e. The van der Waals surface area contributed by atoms with Crippen molar-refractivity contribution in [2.45, 2.75) is 45.3 Å². The van der Waals surface area contributed by atoms with Gasteiger partial charge in [0.25, 0.3) is 0 Å². The molecule has 2 aromatic carbocycles. The summed E-state index contributed by atoms with van der Waals surface area (Å²) in [5, 5.41) is 3.35. The summed E-state index contributed by atoms with van der Waals surface area (Å²) < 4.78 is 37.0. The molecule has 2 rings (SSSR count). The van der Waals surface area contributed by atoms with Crippen molar-refractivity contribution in [3.8, 4) is 0 Å². The molecule has 0 heterocycles. The third-order valence-electron chi connectivity index (χ3n) is 5.27. The lowest BCUT2D eigenvalue weighted by Crippen LogP contribution is -2.21. The summed E-state index contributed by atoms with van der Waals surface area (Å²) in [5.41, 5.74) is 2.52. The number of rotatable bonds is 12. The molecule has 0 aliphatic heterocycles. The molecule has 0 amide bonds. The predicted molar refractivity (Wildman–Crippen MR) is 113 cm³/mol. The molecule has 0 fully saturated rings. The monoisotopic (exact) mass is 419 g/mol. The van der Waals surface area contributed by atoms with E-state index in [2.05, 4.69) is 5.32 Å². The number of hydrogen-bond donors (Lipinski definition) is 1. The van der Waals surface area contributed by atoms with Crippen molar-refractivity contribution >= 4 is 5.97 Å². The largest absolute Gasteiger partial charge is 0.469 e. The molecule has 1 N–H and O–H groups in total. The Bertz CT molecular complexity index is 796. The van der Waals surface area contributed by atoms with Gasteiger partial charge in [0, 0.05) is 13.7 Å². The van der Waals surface area contributed by atoms with Crippen LogP contribution in [0.4, 0.5) is 8.78 Å². The lowest BCUT2D eigenvalue weighted by molar-refractivity contribution is -0.147. The van der Waals surface area contributed by atoms with Crippen LogP contribution in [0, 0.1) is 24.5 Å².